The molecule has 2 unspecified atom stereocenters. The van der Waals surface area contributed by atoms with Crippen LogP contribution in [0.3, 0.4) is 0 Å². The van der Waals surface area contributed by atoms with Gasteiger partial charge in [-0.15, -0.1) is 0 Å². The maximum absolute atomic E-state index is 12.4. The van der Waals surface area contributed by atoms with E-state index in [1.54, 1.807) is 30.5 Å². The number of hydrazone groups is 1. The average Bonchev–Trinajstić information content (AvgIpc) is 2.88. The Morgan fingerprint density at radius 1 is 1.11 bits per heavy atom. The van der Waals surface area contributed by atoms with E-state index in [1.165, 1.54) is 0 Å². The second kappa shape index (κ2) is 11.7. The van der Waals surface area contributed by atoms with Crippen LogP contribution < -0.4 is 15.7 Å². The van der Waals surface area contributed by atoms with Gasteiger partial charge in [-0.2, -0.15) is 5.10 Å². The van der Waals surface area contributed by atoms with Crippen molar-refractivity contribution in [3.8, 4) is 5.75 Å². The third-order valence-corrected chi connectivity index (χ3v) is 7.69. The molecule has 9 heteroatoms. The van der Waals surface area contributed by atoms with Gasteiger partial charge in [0.15, 0.2) is 0 Å². The topological polar surface area (TPSA) is 75.9 Å². The number of hydrogen-bond donors (Lipinski definition) is 1. The first-order chi connectivity index (χ1) is 18.4. The molecule has 2 aliphatic heterocycles. The number of benzene rings is 2. The van der Waals surface area contributed by atoms with E-state index in [-0.39, 0.29) is 17.9 Å². The highest BCUT2D eigenvalue weighted by molar-refractivity contribution is 6.35. The zero-order chi connectivity index (χ0) is 26.6. The first kappa shape index (κ1) is 26.5. The minimum absolute atomic E-state index is 0.0969. The summed E-state index contributed by atoms with van der Waals surface area (Å²) in [7, 11) is 0. The lowest BCUT2D eigenvalue weighted by Gasteiger charge is -2.43. The van der Waals surface area contributed by atoms with E-state index in [9.17, 15) is 9.59 Å². The van der Waals surface area contributed by atoms with Crippen LogP contribution in [0.4, 0.5) is 0 Å². The van der Waals surface area contributed by atoms with Crippen LogP contribution in [0.25, 0.3) is 0 Å². The molecule has 2 aliphatic rings. The maximum atomic E-state index is 12.4. The molecule has 2 atom stereocenters. The summed E-state index contributed by atoms with van der Waals surface area (Å²) in [6.45, 7) is 5.89. The summed E-state index contributed by atoms with van der Waals surface area (Å²) in [5.74, 6) is 1.38. The standard InChI is InChI=1S/C29H30Cl2N4O3/c1-2-38-27-9-6-19(14-32-33-28(36)12-21-7-8-24(30)13-25(21)31)10-23(27)18-34-15-20-11-22(17-34)26-4-3-5-29(37)35(26)16-20/h3-10,13-14,20,22H,2,11-12,15-18H2,1H3,(H,33,36)/b32-14+. The van der Waals surface area contributed by atoms with E-state index in [4.69, 9.17) is 27.9 Å². The van der Waals surface area contributed by atoms with Crippen molar-refractivity contribution in [3.05, 3.63) is 97.4 Å². The highest BCUT2D eigenvalue weighted by Crippen LogP contribution is 2.36. The van der Waals surface area contributed by atoms with E-state index in [2.05, 4.69) is 27.6 Å². The van der Waals surface area contributed by atoms with Crippen molar-refractivity contribution in [2.45, 2.75) is 38.8 Å². The lowest BCUT2D eigenvalue weighted by molar-refractivity contribution is -0.120. The second-order valence-corrected chi connectivity index (χ2v) is 10.7. The van der Waals surface area contributed by atoms with Gasteiger partial charge in [0, 0.05) is 59.5 Å². The van der Waals surface area contributed by atoms with Crippen LogP contribution in [0.1, 0.15) is 41.6 Å². The Morgan fingerprint density at radius 2 is 1.97 bits per heavy atom. The number of amides is 1. The van der Waals surface area contributed by atoms with E-state index in [0.717, 1.165) is 55.2 Å². The fourth-order valence-electron chi connectivity index (χ4n) is 5.52. The summed E-state index contributed by atoms with van der Waals surface area (Å²) in [5.41, 5.74) is 6.43. The van der Waals surface area contributed by atoms with Crippen LogP contribution in [0.5, 0.6) is 5.75 Å². The van der Waals surface area contributed by atoms with Gasteiger partial charge in [0.1, 0.15) is 5.75 Å². The van der Waals surface area contributed by atoms with E-state index in [1.807, 2.05) is 29.7 Å². The summed E-state index contributed by atoms with van der Waals surface area (Å²) < 4.78 is 7.87. The van der Waals surface area contributed by atoms with Gasteiger partial charge in [0.2, 0.25) is 5.91 Å². The molecule has 1 aromatic heterocycles. The highest BCUT2D eigenvalue weighted by atomic mass is 35.5. The van der Waals surface area contributed by atoms with Crippen LogP contribution >= 0.6 is 23.2 Å². The quantitative estimate of drug-likeness (QED) is 0.319. The van der Waals surface area contributed by atoms with Gasteiger partial charge in [-0.05, 0) is 66.8 Å². The van der Waals surface area contributed by atoms with Crippen molar-refractivity contribution in [3.63, 3.8) is 0 Å². The summed E-state index contributed by atoms with van der Waals surface area (Å²) in [6, 6.07) is 16.6. The minimum atomic E-state index is -0.268. The number of nitrogens with zero attached hydrogens (tertiary/aromatic N) is 3. The molecule has 0 radical (unpaired) electrons. The molecular formula is C29H30Cl2N4O3. The van der Waals surface area contributed by atoms with Crippen molar-refractivity contribution in [2.75, 3.05) is 19.7 Å². The van der Waals surface area contributed by atoms with Crippen LogP contribution in [-0.2, 0) is 24.3 Å². The van der Waals surface area contributed by atoms with Gasteiger partial charge in [0.25, 0.3) is 5.56 Å². The normalized spacial score (nSPS) is 18.8. The molecule has 0 saturated carbocycles. The Labute approximate surface area is 232 Å². The molecule has 1 fully saturated rings. The number of halogens is 2. The number of hydrogen-bond acceptors (Lipinski definition) is 5. The molecule has 2 bridgehead atoms. The summed E-state index contributed by atoms with van der Waals surface area (Å²) in [4.78, 5) is 27.2. The molecule has 198 valence electrons. The lowest BCUT2D eigenvalue weighted by Crippen LogP contribution is -2.46. The molecule has 1 amide bonds. The van der Waals surface area contributed by atoms with Crippen molar-refractivity contribution < 1.29 is 9.53 Å². The second-order valence-electron chi connectivity index (χ2n) is 9.90. The largest absolute Gasteiger partial charge is 0.494 e. The zero-order valence-corrected chi connectivity index (χ0v) is 22.7. The molecule has 2 aromatic carbocycles. The zero-order valence-electron chi connectivity index (χ0n) is 21.2. The van der Waals surface area contributed by atoms with Gasteiger partial charge in [-0.1, -0.05) is 35.3 Å². The molecule has 7 nitrogen and oxygen atoms in total. The van der Waals surface area contributed by atoms with Crippen LogP contribution in [0.2, 0.25) is 10.0 Å². The number of carbonyl (C=O) groups is 1. The Bertz CT molecular complexity index is 1420. The average molecular weight is 553 g/mol. The summed E-state index contributed by atoms with van der Waals surface area (Å²) in [5, 5.41) is 5.12. The number of pyridine rings is 1. The molecule has 0 spiro atoms. The van der Waals surface area contributed by atoms with Gasteiger partial charge < -0.3 is 9.30 Å². The van der Waals surface area contributed by atoms with E-state index < -0.39 is 0 Å². The van der Waals surface area contributed by atoms with Gasteiger partial charge in [0.05, 0.1) is 19.2 Å². The van der Waals surface area contributed by atoms with Gasteiger partial charge in [-0.3, -0.25) is 14.5 Å². The lowest BCUT2D eigenvalue weighted by atomic mass is 9.83. The number of nitrogens with one attached hydrogen (secondary N) is 1. The molecule has 3 heterocycles. The van der Waals surface area contributed by atoms with E-state index in [0.29, 0.717) is 34.1 Å². The minimum Gasteiger partial charge on any atom is -0.494 e. The van der Waals surface area contributed by atoms with Crippen LogP contribution in [-0.4, -0.2) is 41.3 Å². The molecular weight excluding hydrogens is 523 g/mol. The van der Waals surface area contributed by atoms with E-state index >= 15 is 0 Å². The Balaban J connectivity index is 1.26. The Hall–Kier alpha value is -3.13. The van der Waals surface area contributed by atoms with Gasteiger partial charge in [-0.25, -0.2) is 5.43 Å². The molecule has 5 rings (SSSR count). The number of piperidine rings is 1. The predicted molar refractivity (Wildman–Crippen MR) is 150 cm³/mol. The van der Waals surface area contributed by atoms with Crippen molar-refractivity contribution in [1.29, 1.82) is 0 Å². The fraction of sp³-hybridized carbons (Fsp3) is 0.345. The predicted octanol–water partition coefficient (Wildman–Crippen LogP) is 4.87. The summed E-state index contributed by atoms with van der Waals surface area (Å²) in [6.07, 6.45) is 2.86. The van der Waals surface area contributed by atoms with Gasteiger partial charge >= 0.3 is 0 Å². The highest BCUT2D eigenvalue weighted by Gasteiger charge is 2.34. The maximum Gasteiger partial charge on any atom is 0.250 e. The Morgan fingerprint density at radius 3 is 2.79 bits per heavy atom. The molecule has 3 aromatic rings. The summed E-state index contributed by atoms with van der Waals surface area (Å²) >= 11 is 12.1. The number of rotatable bonds is 8. The molecule has 1 N–H and O–H groups in total. The number of carbonyl (C=O) groups excluding carboxylic acids is 1. The molecule has 1 saturated heterocycles. The first-order valence-corrected chi connectivity index (χ1v) is 13.6. The fourth-order valence-corrected chi connectivity index (χ4v) is 6.00. The third kappa shape index (κ3) is 6.12. The molecule has 38 heavy (non-hydrogen) atoms. The monoisotopic (exact) mass is 552 g/mol. The van der Waals surface area contributed by atoms with Crippen LogP contribution in [0, 0.1) is 5.92 Å². The number of ether oxygens (including phenoxy) is 1. The number of aromatic nitrogens is 1. The smallest absolute Gasteiger partial charge is 0.250 e. The van der Waals surface area contributed by atoms with Crippen molar-refractivity contribution >= 4 is 35.3 Å². The SMILES string of the molecule is CCOc1ccc(/C=N/NC(=O)Cc2ccc(Cl)cc2Cl)cc1CN1CC2CC(C1)c1cccc(=O)n1C2. The number of fused-ring (bicyclic) bond motifs is 4. The first-order valence-electron chi connectivity index (χ1n) is 12.8. The van der Waals surface area contributed by atoms with Crippen molar-refractivity contribution in [2.24, 2.45) is 11.0 Å². The van der Waals surface area contributed by atoms with Crippen LogP contribution in [0.15, 0.2) is 64.5 Å². The third-order valence-electron chi connectivity index (χ3n) is 7.10. The molecule has 0 aliphatic carbocycles. The Kier molecular flexibility index (Phi) is 8.17. The van der Waals surface area contributed by atoms with Crippen molar-refractivity contribution in [1.82, 2.24) is 14.9 Å². The number of likely N-dealkylation sites (tertiary alicyclic amines) is 1.